The van der Waals surface area contributed by atoms with Crippen molar-refractivity contribution < 1.29 is 18.5 Å². The lowest BCUT2D eigenvalue weighted by atomic mass is 10.4. The molecule has 14 heavy (non-hydrogen) atoms. The van der Waals surface area contributed by atoms with Crippen LogP contribution in [0.4, 0.5) is 0 Å². The summed E-state index contributed by atoms with van der Waals surface area (Å²) < 4.78 is 22.1. The number of nitrogens with two attached hydrogens (primary N) is 1. The molecular formula is C8H20NO4P. The van der Waals surface area contributed by atoms with E-state index in [-0.39, 0.29) is 0 Å². The fraction of sp³-hybridized carbons (Fsp3) is 1.00. The van der Waals surface area contributed by atoms with Crippen molar-refractivity contribution in [3.63, 3.8) is 0 Å². The third-order valence-electron chi connectivity index (χ3n) is 1.60. The van der Waals surface area contributed by atoms with Crippen LogP contribution < -0.4 is 5.90 Å². The molecule has 2 N–H and O–H groups in total. The van der Waals surface area contributed by atoms with Gasteiger partial charge in [0.15, 0.2) is 0 Å². The number of unbranched alkanes of at least 4 members (excludes halogenated alkanes) is 1. The van der Waals surface area contributed by atoms with Crippen LogP contribution in [0.15, 0.2) is 0 Å². The Bertz CT molecular complexity index is 167. The average Bonchev–Trinajstić information content (AvgIpc) is 2.13. The standard InChI is InChI=1S/C8H20NO4P/c1-3-12-14(10,13-4-2)8-6-5-7-11-9/h3-9H2,1-2H3. The molecule has 0 unspecified atom stereocenters. The van der Waals surface area contributed by atoms with Gasteiger partial charge in [0.25, 0.3) is 0 Å². The van der Waals surface area contributed by atoms with E-state index in [4.69, 9.17) is 14.9 Å². The quantitative estimate of drug-likeness (QED) is 0.369. The van der Waals surface area contributed by atoms with Gasteiger partial charge in [0.2, 0.25) is 0 Å². The summed E-state index contributed by atoms with van der Waals surface area (Å²) in [6.07, 6.45) is 1.92. The fourth-order valence-electron chi connectivity index (χ4n) is 1.05. The summed E-state index contributed by atoms with van der Waals surface area (Å²) in [6, 6.07) is 0. The van der Waals surface area contributed by atoms with Gasteiger partial charge < -0.3 is 13.9 Å². The Kier molecular flexibility index (Phi) is 8.43. The molecule has 0 aliphatic carbocycles. The molecule has 0 spiro atoms. The summed E-state index contributed by atoms with van der Waals surface area (Å²) in [4.78, 5) is 4.41. The van der Waals surface area contributed by atoms with E-state index >= 15 is 0 Å². The summed E-state index contributed by atoms with van der Waals surface area (Å²) in [6.45, 7) is 4.89. The van der Waals surface area contributed by atoms with Crippen molar-refractivity contribution in [1.29, 1.82) is 0 Å². The Hall–Kier alpha value is 0.0700. The maximum absolute atomic E-state index is 11.9. The maximum Gasteiger partial charge on any atom is 0.330 e. The molecule has 0 saturated heterocycles. The third kappa shape index (κ3) is 6.51. The van der Waals surface area contributed by atoms with Crippen LogP contribution in [-0.4, -0.2) is 26.0 Å². The predicted molar refractivity (Wildman–Crippen MR) is 55.1 cm³/mol. The van der Waals surface area contributed by atoms with Crippen LogP contribution in [0.25, 0.3) is 0 Å². The van der Waals surface area contributed by atoms with Gasteiger partial charge in [0, 0.05) is 0 Å². The molecule has 0 heterocycles. The van der Waals surface area contributed by atoms with Gasteiger partial charge in [0.05, 0.1) is 26.0 Å². The van der Waals surface area contributed by atoms with E-state index in [1.165, 1.54) is 0 Å². The summed E-state index contributed by atoms with van der Waals surface area (Å²) in [5.41, 5.74) is 0. The molecule has 6 heteroatoms. The second-order valence-electron chi connectivity index (χ2n) is 2.75. The van der Waals surface area contributed by atoms with Crippen molar-refractivity contribution in [2.24, 2.45) is 5.90 Å². The van der Waals surface area contributed by atoms with Crippen LogP contribution >= 0.6 is 7.60 Å². The Morgan fingerprint density at radius 3 is 2.14 bits per heavy atom. The highest BCUT2D eigenvalue weighted by Crippen LogP contribution is 2.48. The Labute approximate surface area is 85.4 Å². The number of rotatable bonds is 9. The maximum atomic E-state index is 11.9. The largest absolute Gasteiger partial charge is 0.330 e. The summed E-state index contributed by atoms with van der Waals surface area (Å²) in [5.74, 6) is 4.86. The lowest BCUT2D eigenvalue weighted by Gasteiger charge is -2.16. The lowest BCUT2D eigenvalue weighted by molar-refractivity contribution is 0.134. The minimum absolute atomic E-state index is 0.407. The minimum atomic E-state index is -2.86. The van der Waals surface area contributed by atoms with E-state index in [1.807, 2.05) is 0 Å². The van der Waals surface area contributed by atoms with E-state index in [2.05, 4.69) is 4.84 Å². The highest BCUT2D eigenvalue weighted by atomic mass is 31.2. The van der Waals surface area contributed by atoms with Gasteiger partial charge >= 0.3 is 7.60 Å². The third-order valence-corrected chi connectivity index (χ3v) is 3.76. The minimum Gasteiger partial charge on any atom is -0.309 e. The van der Waals surface area contributed by atoms with Gasteiger partial charge in [-0.15, -0.1) is 0 Å². The van der Waals surface area contributed by atoms with Crippen LogP contribution in [-0.2, 0) is 18.5 Å². The van der Waals surface area contributed by atoms with Crippen molar-refractivity contribution in [2.75, 3.05) is 26.0 Å². The molecular weight excluding hydrogens is 205 g/mol. The molecule has 0 aliphatic rings. The lowest BCUT2D eigenvalue weighted by Crippen LogP contribution is -2.04. The number of hydrogen-bond donors (Lipinski definition) is 1. The normalized spacial score (nSPS) is 11.9. The van der Waals surface area contributed by atoms with Gasteiger partial charge in [-0.25, -0.2) is 5.90 Å². The van der Waals surface area contributed by atoms with Crippen LogP contribution in [0.1, 0.15) is 26.7 Å². The van der Waals surface area contributed by atoms with Crippen LogP contribution in [0.3, 0.4) is 0 Å². The van der Waals surface area contributed by atoms with Crippen molar-refractivity contribution in [3.8, 4) is 0 Å². The zero-order valence-corrected chi connectivity index (χ0v) is 9.79. The fourth-order valence-corrected chi connectivity index (χ4v) is 2.78. The molecule has 0 fully saturated rings. The topological polar surface area (TPSA) is 70.8 Å². The van der Waals surface area contributed by atoms with Crippen LogP contribution in [0, 0.1) is 0 Å². The van der Waals surface area contributed by atoms with Crippen molar-refractivity contribution in [3.05, 3.63) is 0 Å². The van der Waals surface area contributed by atoms with E-state index in [0.717, 1.165) is 12.8 Å². The zero-order chi connectivity index (χ0) is 10.9. The van der Waals surface area contributed by atoms with Gasteiger partial charge in [0.1, 0.15) is 0 Å². The van der Waals surface area contributed by atoms with Crippen molar-refractivity contribution in [2.45, 2.75) is 26.7 Å². The molecule has 0 saturated carbocycles. The highest BCUT2D eigenvalue weighted by molar-refractivity contribution is 7.53. The second kappa shape index (κ2) is 8.38. The second-order valence-corrected chi connectivity index (χ2v) is 4.93. The molecule has 0 amide bonds. The van der Waals surface area contributed by atoms with E-state index in [9.17, 15) is 4.57 Å². The molecule has 5 nitrogen and oxygen atoms in total. The molecule has 0 rings (SSSR count). The van der Waals surface area contributed by atoms with E-state index in [1.54, 1.807) is 13.8 Å². The molecule has 0 aromatic rings. The van der Waals surface area contributed by atoms with Crippen molar-refractivity contribution >= 4 is 7.60 Å². The first-order valence-electron chi connectivity index (χ1n) is 4.88. The van der Waals surface area contributed by atoms with Crippen LogP contribution in [0.5, 0.6) is 0 Å². The molecule has 0 atom stereocenters. The summed E-state index contributed by atoms with van der Waals surface area (Å²) in [5, 5.41) is 0. The van der Waals surface area contributed by atoms with E-state index < -0.39 is 7.60 Å². The SMILES string of the molecule is CCOP(=O)(CCCCON)OCC. The Balaban J connectivity index is 3.78. The first-order valence-corrected chi connectivity index (χ1v) is 6.61. The Morgan fingerprint density at radius 2 is 1.71 bits per heavy atom. The van der Waals surface area contributed by atoms with Crippen LogP contribution in [0.2, 0.25) is 0 Å². The smallest absolute Gasteiger partial charge is 0.309 e. The Morgan fingerprint density at radius 1 is 1.14 bits per heavy atom. The monoisotopic (exact) mass is 225 g/mol. The molecule has 0 aliphatic heterocycles. The molecule has 86 valence electrons. The summed E-state index contributed by atoms with van der Waals surface area (Å²) >= 11 is 0. The van der Waals surface area contributed by atoms with Gasteiger partial charge in [-0.2, -0.15) is 0 Å². The molecule has 0 aromatic carbocycles. The molecule has 0 aromatic heterocycles. The molecule has 0 bridgehead atoms. The van der Waals surface area contributed by atoms with Gasteiger partial charge in [-0.05, 0) is 26.7 Å². The average molecular weight is 225 g/mol. The number of hydrogen-bond acceptors (Lipinski definition) is 5. The zero-order valence-electron chi connectivity index (χ0n) is 8.90. The highest BCUT2D eigenvalue weighted by Gasteiger charge is 2.22. The van der Waals surface area contributed by atoms with Crippen molar-refractivity contribution in [1.82, 2.24) is 0 Å². The first kappa shape index (κ1) is 14.1. The predicted octanol–water partition coefficient (Wildman–Crippen LogP) is 1.92. The van der Waals surface area contributed by atoms with Gasteiger partial charge in [-0.3, -0.25) is 4.57 Å². The first-order chi connectivity index (χ1) is 6.68. The van der Waals surface area contributed by atoms with Gasteiger partial charge in [-0.1, -0.05) is 0 Å². The van der Waals surface area contributed by atoms with E-state index in [0.29, 0.717) is 26.0 Å². The summed E-state index contributed by atoms with van der Waals surface area (Å²) in [7, 11) is -2.86. The molecule has 0 radical (unpaired) electrons.